The zero-order chi connectivity index (χ0) is 16.7. The fourth-order valence-corrected chi connectivity index (χ4v) is 3.67. The summed E-state index contributed by atoms with van der Waals surface area (Å²) >= 11 is 0. The molecule has 0 bridgehead atoms. The molecule has 1 amide bonds. The number of carbonyl (C=O) groups is 2. The van der Waals surface area contributed by atoms with Crippen molar-refractivity contribution in [3.05, 3.63) is 70.8 Å². The monoisotopic (exact) mass is 321 g/mol. The highest BCUT2D eigenvalue weighted by molar-refractivity contribution is 5.95. The van der Waals surface area contributed by atoms with Gasteiger partial charge in [0.25, 0.3) is 5.91 Å². The number of benzene rings is 2. The van der Waals surface area contributed by atoms with Crippen LogP contribution in [0.25, 0.3) is 0 Å². The lowest BCUT2D eigenvalue weighted by Crippen LogP contribution is -2.45. The van der Waals surface area contributed by atoms with E-state index in [1.165, 1.54) is 0 Å². The Morgan fingerprint density at radius 3 is 2.42 bits per heavy atom. The number of nitrogens with zero attached hydrogens (tertiary/aromatic N) is 1. The van der Waals surface area contributed by atoms with Crippen molar-refractivity contribution in [1.82, 2.24) is 4.90 Å². The van der Waals surface area contributed by atoms with Gasteiger partial charge in [0.1, 0.15) is 5.60 Å². The summed E-state index contributed by atoms with van der Waals surface area (Å²) in [7, 11) is 0. The third kappa shape index (κ3) is 2.30. The minimum atomic E-state index is -0.558. The van der Waals surface area contributed by atoms with Gasteiger partial charge < -0.3 is 9.64 Å². The molecular weight excluding hydrogens is 302 g/mol. The SMILES string of the molecule is Cc1ccc(C(=O)N2CCC3(CC2)OC(=O)c2ccccc23)cc1. The van der Waals surface area contributed by atoms with Crippen LogP contribution in [0.2, 0.25) is 0 Å². The molecule has 0 unspecified atom stereocenters. The van der Waals surface area contributed by atoms with Gasteiger partial charge in [-0.15, -0.1) is 0 Å². The number of esters is 1. The van der Waals surface area contributed by atoms with Gasteiger partial charge in [0.05, 0.1) is 5.56 Å². The van der Waals surface area contributed by atoms with Gasteiger partial charge in [0, 0.05) is 37.1 Å². The minimum absolute atomic E-state index is 0.0439. The van der Waals surface area contributed by atoms with E-state index in [0.29, 0.717) is 37.1 Å². The molecule has 1 saturated heterocycles. The number of rotatable bonds is 1. The zero-order valence-electron chi connectivity index (χ0n) is 13.6. The Balaban J connectivity index is 1.53. The number of piperidine rings is 1. The topological polar surface area (TPSA) is 46.6 Å². The normalized spacial score (nSPS) is 18.4. The number of ether oxygens (including phenoxy) is 1. The van der Waals surface area contributed by atoms with E-state index in [1.54, 1.807) is 0 Å². The van der Waals surface area contributed by atoms with Crippen LogP contribution in [0.4, 0.5) is 0 Å². The van der Waals surface area contributed by atoms with Gasteiger partial charge >= 0.3 is 5.97 Å². The summed E-state index contributed by atoms with van der Waals surface area (Å²) in [6, 6.07) is 15.2. The molecular formula is C20H19NO3. The smallest absolute Gasteiger partial charge is 0.339 e. The van der Waals surface area contributed by atoms with Crippen LogP contribution in [0.3, 0.4) is 0 Å². The van der Waals surface area contributed by atoms with E-state index in [0.717, 1.165) is 11.1 Å². The van der Waals surface area contributed by atoms with Crippen LogP contribution in [0, 0.1) is 6.92 Å². The summed E-state index contributed by atoms with van der Waals surface area (Å²) in [5, 5.41) is 0. The van der Waals surface area contributed by atoms with Crippen molar-refractivity contribution >= 4 is 11.9 Å². The Hall–Kier alpha value is -2.62. The number of aryl methyl sites for hydroxylation is 1. The van der Waals surface area contributed by atoms with Gasteiger partial charge in [0.15, 0.2) is 0 Å². The highest BCUT2D eigenvalue weighted by Gasteiger charge is 2.47. The third-order valence-corrected chi connectivity index (χ3v) is 5.08. The third-order valence-electron chi connectivity index (χ3n) is 5.08. The lowest BCUT2D eigenvalue weighted by Gasteiger charge is -2.38. The molecule has 0 aliphatic carbocycles. The lowest BCUT2D eigenvalue weighted by atomic mass is 9.83. The Labute approximate surface area is 141 Å². The summed E-state index contributed by atoms with van der Waals surface area (Å²) in [6.45, 7) is 3.19. The number of hydrogen-bond donors (Lipinski definition) is 0. The van der Waals surface area contributed by atoms with Crippen LogP contribution >= 0.6 is 0 Å². The second-order valence-corrected chi connectivity index (χ2v) is 6.59. The number of fused-ring (bicyclic) bond motifs is 2. The maximum atomic E-state index is 12.6. The molecule has 2 aromatic rings. The van der Waals surface area contributed by atoms with Gasteiger partial charge in [-0.25, -0.2) is 4.79 Å². The molecule has 122 valence electrons. The van der Waals surface area contributed by atoms with Gasteiger partial charge in [-0.3, -0.25) is 4.79 Å². The van der Waals surface area contributed by atoms with E-state index < -0.39 is 5.60 Å². The fourth-order valence-electron chi connectivity index (χ4n) is 3.67. The van der Waals surface area contributed by atoms with Gasteiger partial charge in [-0.05, 0) is 25.1 Å². The number of carbonyl (C=O) groups excluding carboxylic acids is 2. The summed E-state index contributed by atoms with van der Waals surface area (Å²) in [6.07, 6.45) is 1.29. The second-order valence-electron chi connectivity index (χ2n) is 6.59. The standard InChI is InChI=1S/C20H19NO3/c1-14-6-8-15(9-7-14)18(22)21-12-10-20(11-13-21)17-5-3-2-4-16(17)19(23)24-20/h2-9H,10-13H2,1H3. The molecule has 2 aliphatic rings. The van der Waals surface area contributed by atoms with Gasteiger partial charge in [0.2, 0.25) is 0 Å². The molecule has 0 radical (unpaired) electrons. The average molecular weight is 321 g/mol. The Bertz CT molecular complexity index is 802. The molecule has 1 spiro atoms. The molecule has 4 nitrogen and oxygen atoms in total. The zero-order valence-corrected chi connectivity index (χ0v) is 13.6. The number of amides is 1. The predicted molar refractivity (Wildman–Crippen MR) is 89.9 cm³/mol. The first-order valence-electron chi connectivity index (χ1n) is 8.28. The summed E-state index contributed by atoms with van der Waals surface area (Å²) in [5.41, 5.74) is 2.92. The van der Waals surface area contributed by atoms with E-state index in [1.807, 2.05) is 60.4 Å². The van der Waals surface area contributed by atoms with E-state index >= 15 is 0 Å². The van der Waals surface area contributed by atoms with Gasteiger partial charge in [-0.1, -0.05) is 35.9 Å². The lowest BCUT2D eigenvalue weighted by molar-refractivity contribution is -0.0389. The van der Waals surface area contributed by atoms with Crippen molar-refractivity contribution in [3.8, 4) is 0 Å². The van der Waals surface area contributed by atoms with E-state index in [9.17, 15) is 9.59 Å². The molecule has 2 heterocycles. The van der Waals surface area contributed by atoms with Crippen molar-refractivity contribution in [2.24, 2.45) is 0 Å². The van der Waals surface area contributed by atoms with Crippen molar-refractivity contribution in [1.29, 1.82) is 0 Å². The van der Waals surface area contributed by atoms with E-state index in [-0.39, 0.29) is 11.9 Å². The maximum Gasteiger partial charge on any atom is 0.339 e. The molecule has 0 saturated carbocycles. The Morgan fingerprint density at radius 1 is 1.04 bits per heavy atom. The maximum absolute atomic E-state index is 12.6. The first-order valence-corrected chi connectivity index (χ1v) is 8.28. The van der Waals surface area contributed by atoms with Crippen LogP contribution in [-0.2, 0) is 10.3 Å². The summed E-state index contributed by atoms with van der Waals surface area (Å²) in [5.74, 6) is -0.202. The molecule has 0 atom stereocenters. The van der Waals surface area contributed by atoms with Crippen molar-refractivity contribution in [2.75, 3.05) is 13.1 Å². The highest BCUT2D eigenvalue weighted by atomic mass is 16.6. The molecule has 24 heavy (non-hydrogen) atoms. The second kappa shape index (κ2) is 5.48. The number of likely N-dealkylation sites (tertiary alicyclic amines) is 1. The van der Waals surface area contributed by atoms with Crippen LogP contribution in [0.15, 0.2) is 48.5 Å². The molecule has 0 N–H and O–H groups in total. The van der Waals surface area contributed by atoms with Crippen LogP contribution in [0.1, 0.15) is 44.7 Å². The Kier molecular flexibility index (Phi) is 3.41. The summed E-state index contributed by atoms with van der Waals surface area (Å²) in [4.78, 5) is 26.6. The van der Waals surface area contributed by atoms with Gasteiger partial charge in [-0.2, -0.15) is 0 Å². The van der Waals surface area contributed by atoms with Crippen molar-refractivity contribution in [2.45, 2.75) is 25.4 Å². The van der Waals surface area contributed by atoms with E-state index in [2.05, 4.69) is 0 Å². The van der Waals surface area contributed by atoms with E-state index in [4.69, 9.17) is 4.74 Å². The molecule has 1 fully saturated rings. The first-order chi connectivity index (χ1) is 11.6. The number of hydrogen-bond acceptors (Lipinski definition) is 3. The molecule has 2 aliphatic heterocycles. The van der Waals surface area contributed by atoms with Crippen LogP contribution in [0.5, 0.6) is 0 Å². The molecule has 4 rings (SSSR count). The predicted octanol–water partition coefficient (Wildman–Crippen LogP) is 3.30. The fraction of sp³-hybridized carbons (Fsp3) is 0.300. The summed E-state index contributed by atoms with van der Waals surface area (Å²) < 4.78 is 5.73. The first kappa shape index (κ1) is 14.9. The van der Waals surface area contributed by atoms with Crippen LogP contribution in [-0.4, -0.2) is 29.9 Å². The quantitative estimate of drug-likeness (QED) is 0.757. The Morgan fingerprint density at radius 2 is 1.71 bits per heavy atom. The van der Waals surface area contributed by atoms with Crippen molar-refractivity contribution in [3.63, 3.8) is 0 Å². The largest absolute Gasteiger partial charge is 0.450 e. The van der Waals surface area contributed by atoms with Crippen LogP contribution < -0.4 is 0 Å². The molecule has 2 aromatic carbocycles. The van der Waals surface area contributed by atoms with Crippen molar-refractivity contribution < 1.29 is 14.3 Å². The molecule has 0 aromatic heterocycles. The minimum Gasteiger partial charge on any atom is -0.450 e. The molecule has 4 heteroatoms. The average Bonchev–Trinajstić information content (AvgIpc) is 2.88. The highest BCUT2D eigenvalue weighted by Crippen LogP contribution is 2.44.